The van der Waals surface area contributed by atoms with E-state index in [1.807, 2.05) is 6.92 Å². The maximum absolute atomic E-state index is 13.0. The molecule has 1 heterocycles. The van der Waals surface area contributed by atoms with E-state index >= 15 is 0 Å². The third-order valence-corrected chi connectivity index (χ3v) is 2.32. The van der Waals surface area contributed by atoms with E-state index in [9.17, 15) is 4.39 Å². The summed E-state index contributed by atoms with van der Waals surface area (Å²) < 4.78 is 14.7. The van der Waals surface area contributed by atoms with Crippen LogP contribution >= 0.6 is 11.6 Å². The second-order valence-electron chi connectivity index (χ2n) is 3.05. The van der Waals surface area contributed by atoms with Crippen molar-refractivity contribution in [1.82, 2.24) is 14.8 Å². The molecule has 0 spiro atoms. The van der Waals surface area contributed by atoms with Gasteiger partial charge in [-0.3, -0.25) is 4.57 Å². The van der Waals surface area contributed by atoms with Crippen LogP contribution in [0.1, 0.15) is 12.7 Å². The normalized spacial score (nSPS) is 10.6. The Kier molecular flexibility index (Phi) is 2.68. The predicted octanol–water partition coefficient (Wildman–Crippen LogP) is 2.62. The first kappa shape index (κ1) is 10.1. The van der Waals surface area contributed by atoms with Gasteiger partial charge in [-0.05, 0) is 29.8 Å². The molecule has 0 aliphatic rings. The molecule has 0 radical (unpaired) electrons. The molecule has 0 atom stereocenters. The quantitative estimate of drug-likeness (QED) is 0.787. The van der Waals surface area contributed by atoms with E-state index in [0.29, 0.717) is 17.9 Å². The minimum absolute atomic E-state index is 0.248. The third kappa shape index (κ3) is 1.85. The van der Waals surface area contributed by atoms with Gasteiger partial charge >= 0.3 is 0 Å². The second kappa shape index (κ2) is 3.98. The SMILES string of the molecule is CCc1nnc(Cl)n1-c1cccc(F)c1. The van der Waals surface area contributed by atoms with Crippen molar-refractivity contribution in [1.29, 1.82) is 0 Å². The average molecular weight is 226 g/mol. The standard InChI is InChI=1S/C10H9ClFN3/c1-2-9-13-14-10(11)15(9)8-5-3-4-7(12)6-8/h3-6H,2H2,1H3. The number of hydrogen-bond donors (Lipinski definition) is 0. The molecule has 0 unspecified atom stereocenters. The number of aromatic nitrogens is 3. The van der Waals surface area contributed by atoms with Crippen molar-refractivity contribution in [3.05, 3.63) is 41.2 Å². The van der Waals surface area contributed by atoms with Crippen LogP contribution in [-0.4, -0.2) is 14.8 Å². The van der Waals surface area contributed by atoms with Gasteiger partial charge in [-0.1, -0.05) is 13.0 Å². The molecule has 5 heteroatoms. The van der Waals surface area contributed by atoms with Crippen LogP contribution in [0.25, 0.3) is 5.69 Å². The summed E-state index contributed by atoms with van der Waals surface area (Å²) in [6.07, 6.45) is 0.691. The van der Waals surface area contributed by atoms with Gasteiger partial charge in [0, 0.05) is 6.42 Å². The third-order valence-electron chi connectivity index (χ3n) is 2.07. The highest BCUT2D eigenvalue weighted by atomic mass is 35.5. The molecule has 0 amide bonds. The fourth-order valence-corrected chi connectivity index (χ4v) is 1.63. The summed E-state index contributed by atoms with van der Waals surface area (Å²) in [5, 5.41) is 7.90. The van der Waals surface area contributed by atoms with Gasteiger partial charge in [0.25, 0.3) is 0 Å². The van der Waals surface area contributed by atoms with Gasteiger partial charge < -0.3 is 0 Å². The Morgan fingerprint density at radius 3 is 2.87 bits per heavy atom. The van der Waals surface area contributed by atoms with Crippen molar-refractivity contribution in [2.24, 2.45) is 0 Å². The summed E-state index contributed by atoms with van der Waals surface area (Å²) in [5.41, 5.74) is 0.641. The van der Waals surface area contributed by atoms with Crippen LogP contribution in [0.4, 0.5) is 4.39 Å². The Labute approximate surface area is 91.5 Å². The van der Waals surface area contributed by atoms with E-state index in [1.54, 1.807) is 16.7 Å². The van der Waals surface area contributed by atoms with Gasteiger partial charge in [0.2, 0.25) is 5.28 Å². The number of halogens is 2. The van der Waals surface area contributed by atoms with Crippen molar-refractivity contribution in [2.45, 2.75) is 13.3 Å². The minimum Gasteiger partial charge on any atom is -0.270 e. The van der Waals surface area contributed by atoms with Crippen molar-refractivity contribution < 1.29 is 4.39 Å². The Bertz CT molecular complexity index is 481. The fourth-order valence-electron chi connectivity index (χ4n) is 1.39. The van der Waals surface area contributed by atoms with Crippen LogP contribution in [0.3, 0.4) is 0 Å². The number of rotatable bonds is 2. The zero-order chi connectivity index (χ0) is 10.8. The smallest absolute Gasteiger partial charge is 0.229 e. The first-order valence-corrected chi connectivity index (χ1v) is 4.96. The summed E-state index contributed by atoms with van der Waals surface area (Å²) in [5.74, 6) is 0.407. The van der Waals surface area contributed by atoms with Crippen LogP contribution < -0.4 is 0 Å². The van der Waals surface area contributed by atoms with E-state index < -0.39 is 0 Å². The van der Waals surface area contributed by atoms with Crippen LogP contribution in [0.15, 0.2) is 24.3 Å². The molecule has 1 aromatic heterocycles. The molecule has 0 bridgehead atoms. The average Bonchev–Trinajstić information content (AvgIpc) is 2.59. The predicted molar refractivity (Wildman–Crippen MR) is 55.7 cm³/mol. The molecule has 0 aliphatic heterocycles. The molecule has 2 aromatic rings. The summed E-state index contributed by atoms with van der Waals surface area (Å²) in [7, 11) is 0. The highest BCUT2D eigenvalue weighted by Gasteiger charge is 2.10. The lowest BCUT2D eigenvalue weighted by molar-refractivity contribution is 0.626. The summed E-state index contributed by atoms with van der Waals surface area (Å²) in [6, 6.07) is 6.17. The Hall–Kier alpha value is -1.42. The molecule has 0 saturated heterocycles. The molecule has 1 aromatic carbocycles. The molecule has 0 fully saturated rings. The number of benzene rings is 1. The molecule has 0 N–H and O–H groups in total. The van der Waals surface area contributed by atoms with Crippen LogP contribution in [-0.2, 0) is 6.42 Å². The number of hydrogen-bond acceptors (Lipinski definition) is 2. The van der Waals surface area contributed by atoms with E-state index in [0.717, 1.165) is 0 Å². The van der Waals surface area contributed by atoms with E-state index in [1.165, 1.54) is 12.1 Å². The zero-order valence-corrected chi connectivity index (χ0v) is 8.87. The van der Waals surface area contributed by atoms with Gasteiger partial charge in [-0.2, -0.15) is 0 Å². The first-order valence-electron chi connectivity index (χ1n) is 4.58. The Morgan fingerprint density at radius 1 is 1.40 bits per heavy atom. The van der Waals surface area contributed by atoms with Crippen molar-refractivity contribution in [2.75, 3.05) is 0 Å². The summed E-state index contributed by atoms with van der Waals surface area (Å²) in [4.78, 5) is 0. The van der Waals surface area contributed by atoms with Crippen molar-refractivity contribution in [3.8, 4) is 5.69 Å². The van der Waals surface area contributed by atoms with Crippen LogP contribution in [0.2, 0.25) is 5.28 Å². The maximum atomic E-state index is 13.0. The zero-order valence-electron chi connectivity index (χ0n) is 8.11. The summed E-state index contributed by atoms with van der Waals surface area (Å²) in [6.45, 7) is 1.94. The number of nitrogens with zero attached hydrogens (tertiary/aromatic N) is 3. The second-order valence-corrected chi connectivity index (χ2v) is 3.39. The molecule has 2 rings (SSSR count). The van der Waals surface area contributed by atoms with Gasteiger partial charge in [-0.15, -0.1) is 10.2 Å². The lowest BCUT2D eigenvalue weighted by Gasteiger charge is -2.05. The van der Waals surface area contributed by atoms with E-state index in [4.69, 9.17) is 11.6 Å². The Balaban J connectivity index is 2.57. The Morgan fingerprint density at radius 2 is 2.20 bits per heavy atom. The molecule has 0 aliphatic carbocycles. The topological polar surface area (TPSA) is 30.7 Å². The lowest BCUT2D eigenvalue weighted by Crippen LogP contribution is -2.00. The molecule has 15 heavy (non-hydrogen) atoms. The molecular formula is C10H9ClFN3. The molecular weight excluding hydrogens is 217 g/mol. The van der Waals surface area contributed by atoms with Gasteiger partial charge in [-0.25, -0.2) is 4.39 Å². The first-order chi connectivity index (χ1) is 7.22. The van der Waals surface area contributed by atoms with Crippen molar-refractivity contribution >= 4 is 11.6 Å². The largest absolute Gasteiger partial charge is 0.270 e. The highest BCUT2D eigenvalue weighted by Crippen LogP contribution is 2.17. The van der Waals surface area contributed by atoms with E-state index in [-0.39, 0.29) is 11.1 Å². The number of aryl methyl sites for hydroxylation is 1. The van der Waals surface area contributed by atoms with Gasteiger partial charge in [0.1, 0.15) is 11.6 Å². The molecule has 3 nitrogen and oxygen atoms in total. The monoisotopic (exact) mass is 225 g/mol. The van der Waals surface area contributed by atoms with Crippen LogP contribution in [0.5, 0.6) is 0 Å². The van der Waals surface area contributed by atoms with Crippen molar-refractivity contribution in [3.63, 3.8) is 0 Å². The van der Waals surface area contributed by atoms with Gasteiger partial charge in [0.15, 0.2) is 0 Å². The highest BCUT2D eigenvalue weighted by molar-refractivity contribution is 6.28. The van der Waals surface area contributed by atoms with Crippen LogP contribution in [0, 0.1) is 5.82 Å². The molecule has 0 saturated carbocycles. The minimum atomic E-state index is -0.306. The maximum Gasteiger partial charge on any atom is 0.229 e. The molecule has 78 valence electrons. The lowest BCUT2D eigenvalue weighted by atomic mass is 10.3. The fraction of sp³-hybridized carbons (Fsp3) is 0.200. The van der Waals surface area contributed by atoms with E-state index in [2.05, 4.69) is 10.2 Å². The summed E-state index contributed by atoms with van der Waals surface area (Å²) >= 11 is 5.88. The van der Waals surface area contributed by atoms with Gasteiger partial charge in [0.05, 0.1) is 5.69 Å².